The van der Waals surface area contributed by atoms with Crippen molar-refractivity contribution in [2.45, 2.75) is 25.8 Å². The fraction of sp³-hybridized carbons (Fsp3) is 0.600. The van der Waals surface area contributed by atoms with Crippen LogP contribution in [0.3, 0.4) is 0 Å². The average molecular weight is 194 g/mol. The van der Waals surface area contributed by atoms with E-state index in [0.717, 1.165) is 0 Å². The van der Waals surface area contributed by atoms with Crippen molar-refractivity contribution in [3.63, 3.8) is 0 Å². The number of rotatable bonds is 3. The van der Waals surface area contributed by atoms with Crippen LogP contribution < -0.4 is 5.32 Å². The van der Waals surface area contributed by atoms with Gasteiger partial charge in [-0.1, -0.05) is 6.92 Å². The van der Waals surface area contributed by atoms with Gasteiger partial charge in [0.25, 0.3) is 0 Å². The first-order chi connectivity index (χ1) is 6.69. The molecule has 0 aliphatic carbocycles. The fourth-order valence-electron chi connectivity index (χ4n) is 1.61. The van der Waals surface area contributed by atoms with Crippen LogP contribution in [-0.2, 0) is 9.59 Å². The fourth-order valence-corrected chi connectivity index (χ4v) is 1.61. The molecule has 0 aromatic heterocycles. The van der Waals surface area contributed by atoms with Gasteiger partial charge in [0, 0.05) is 13.0 Å². The Bertz CT molecular complexity index is 280. The van der Waals surface area contributed by atoms with Crippen LogP contribution in [-0.4, -0.2) is 35.8 Å². The summed E-state index contributed by atoms with van der Waals surface area (Å²) in [5, 5.41) is 2.32. The lowest BCUT2D eigenvalue weighted by atomic mass is 10.1. The van der Waals surface area contributed by atoms with Crippen LogP contribution in [0.15, 0.2) is 0 Å². The third-order valence-electron chi connectivity index (χ3n) is 2.28. The molecular formula is C10H14N2O2. The van der Waals surface area contributed by atoms with Crippen molar-refractivity contribution in [3.8, 4) is 12.3 Å². The smallest absolute Gasteiger partial charge is 0.243 e. The zero-order valence-corrected chi connectivity index (χ0v) is 8.25. The van der Waals surface area contributed by atoms with Crippen LogP contribution in [0.1, 0.15) is 19.8 Å². The molecular weight excluding hydrogens is 180 g/mol. The number of terminal acetylenes is 1. The van der Waals surface area contributed by atoms with Crippen LogP contribution in [0.2, 0.25) is 0 Å². The van der Waals surface area contributed by atoms with Crippen LogP contribution in [0.4, 0.5) is 0 Å². The lowest BCUT2D eigenvalue weighted by Gasteiger charge is -2.32. The maximum atomic E-state index is 11.4. The van der Waals surface area contributed by atoms with Gasteiger partial charge in [0.05, 0.1) is 12.6 Å². The Labute approximate surface area is 83.6 Å². The van der Waals surface area contributed by atoms with Gasteiger partial charge in [-0.2, -0.15) is 0 Å². The SMILES string of the molecule is C#CCCN1CC(=O)NC(=O)C1CC. The standard InChI is InChI=1S/C10H14N2O2/c1-3-5-6-12-7-9(13)11-10(14)8(12)4-2/h1,8H,4-7H2,2H3,(H,11,13,14). The molecule has 2 amide bonds. The lowest BCUT2D eigenvalue weighted by molar-refractivity contribution is -0.140. The molecule has 0 bridgehead atoms. The normalized spacial score (nSPS) is 23.0. The third-order valence-corrected chi connectivity index (χ3v) is 2.28. The Morgan fingerprint density at radius 3 is 2.93 bits per heavy atom. The summed E-state index contributed by atoms with van der Waals surface area (Å²) in [4.78, 5) is 24.3. The van der Waals surface area contributed by atoms with E-state index in [9.17, 15) is 9.59 Å². The van der Waals surface area contributed by atoms with Gasteiger partial charge in [-0.05, 0) is 6.42 Å². The van der Waals surface area contributed by atoms with Crippen molar-refractivity contribution < 1.29 is 9.59 Å². The van der Waals surface area contributed by atoms with Crippen molar-refractivity contribution in [3.05, 3.63) is 0 Å². The predicted molar refractivity (Wildman–Crippen MR) is 52.3 cm³/mol. The molecule has 1 fully saturated rings. The van der Waals surface area contributed by atoms with E-state index in [4.69, 9.17) is 6.42 Å². The van der Waals surface area contributed by atoms with Gasteiger partial charge in [-0.3, -0.25) is 19.8 Å². The summed E-state index contributed by atoms with van der Waals surface area (Å²) >= 11 is 0. The van der Waals surface area contributed by atoms with Crippen molar-refractivity contribution in [1.82, 2.24) is 10.2 Å². The Hall–Kier alpha value is -1.34. The van der Waals surface area contributed by atoms with Gasteiger partial charge < -0.3 is 0 Å². The quantitative estimate of drug-likeness (QED) is 0.497. The molecule has 1 aliphatic heterocycles. The molecule has 0 aromatic rings. The molecule has 4 nitrogen and oxygen atoms in total. The van der Waals surface area contributed by atoms with Gasteiger partial charge in [0.15, 0.2) is 0 Å². The molecule has 1 N–H and O–H groups in total. The van der Waals surface area contributed by atoms with Crippen LogP contribution >= 0.6 is 0 Å². The predicted octanol–water partition coefficient (Wildman–Crippen LogP) is -0.253. The van der Waals surface area contributed by atoms with E-state index in [1.807, 2.05) is 11.8 Å². The monoisotopic (exact) mass is 194 g/mol. The first-order valence-corrected chi connectivity index (χ1v) is 4.70. The molecule has 1 aliphatic rings. The zero-order valence-electron chi connectivity index (χ0n) is 8.25. The van der Waals surface area contributed by atoms with Crippen molar-refractivity contribution in [2.24, 2.45) is 0 Å². The second kappa shape index (κ2) is 4.77. The summed E-state index contributed by atoms with van der Waals surface area (Å²) in [6.45, 7) is 2.79. The highest BCUT2D eigenvalue weighted by molar-refractivity contribution is 6.01. The summed E-state index contributed by atoms with van der Waals surface area (Å²) in [6, 6.07) is -0.207. The number of piperazine rings is 1. The number of hydrogen-bond donors (Lipinski definition) is 1. The highest BCUT2D eigenvalue weighted by Crippen LogP contribution is 2.08. The number of carbonyl (C=O) groups is 2. The highest BCUT2D eigenvalue weighted by Gasteiger charge is 2.31. The zero-order chi connectivity index (χ0) is 10.6. The third kappa shape index (κ3) is 2.33. The minimum atomic E-state index is -0.239. The number of hydrogen-bond acceptors (Lipinski definition) is 3. The maximum absolute atomic E-state index is 11.4. The molecule has 1 unspecified atom stereocenters. The molecule has 1 rings (SSSR count). The largest absolute Gasteiger partial charge is 0.294 e. The van der Waals surface area contributed by atoms with Crippen molar-refractivity contribution >= 4 is 11.8 Å². The summed E-state index contributed by atoms with van der Waals surface area (Å²) in [7, 11) is 0. The average Bonchev–Trinajstić information content (AvgIpc) is 2.14. The van der Waals surface area contributed by atoms with Gasteiger partial charge in [0.2, 0.25) is 11.8 Å². The summed E-state index contributed by atoms with van der Waals surface area (Å²) in [5.74, 6) is 2.06. The topological polar surface area (TPSA) is 49.4 Å². The van der Waals surface area contributed by atoms with E-state index in [-0.39, 0.29) is 24.4 Å². The molecule has 76 valence electrons. The molecule has 0 spiro atoms. The molecule has 1 atom stereocenters. The van der Waals surface area contributed by atoms with Crippen LogP contribution in [0.5, 0.6) is 0 Å². The first kappa shape index (κ1) is 10.7. The van der Waals surface area contributed by atoms with Crippen molar-refractivity contribution in [2.75, 3.05) is 13.1 Å². The van der Waals surface area contributed by atoms with Crippen LogP contribution in [0.25, 0.3) is 0 Å². The second-order valence-corrected chi connectivity index (χ2v) is 3.26. The number of carbonyl (C=O) groups excluding carboxylic acids is 2. The molecule has 0 aromatic carbocycles. The number of nitrogens with zero attached hydrogens (tertiary/aromatic N) is 1. The first-order valence-electron chi connectivity index (χ1n) is 4.70. The van der Waals surface area contributed by atoms with E-state index in [1.165, 1.54) is 0 Å². The van der Waals surface area contributed by atoms with E-state index in [2.05, 4.69) is 11.2 Å². The van der Waals surface area contributed by atoms with Crippen LogP contribution in [0, 0.1) is 12.3 Å². The van der Waals surface area contributed by atoms with Gasteiger partial charge in [0.1, 0.15) is 0 Å². The van der Waals surface area contributed by atoms with Gasteiger partial charge in [-0.25, -0.2) is 0 Å². The number of amides is 2. The minimum absolute atomic E-state index is 0.207. The van der Waals surface area contributed by atoms with E-state index in [0.29, 0.717) is 19.4 Å². The molecule has 0 radical (unpaired) electrons. The summed E-state index contributed by atoms with van der Waals surface area (Å²) in [6.07, 6.45) is 6.40. The lowest BCUT2D eigenvalue weighted by Crippen LogP contribution is -2.57. The number of imide groups is 1. The Balaban J connectivity index is 2.64. The van der Waals surface area contributed by atoms with Gasteiger partial charge in [-0.15, -0.1) is 12.3 Å². The minimum Gasteiger partial charge on any atom is -0.294 e. The molecule has 1 saturated heterocycles. The molecule has 14 heavy (non-hydrogen) atoms. The second-order valence-electron chi connectivity index (χ2n) is 3.26. The van der Waals surface area contributed by atoms with Gasteiger partial charge >= 0.3 is 0 Å². The van der Waals surface area contributed by atoms with E-state index in [1.54, 1.807) is 0 Å². The Kier molecular flexibility index (Phi) is 3.66. The highest BCUT2D eigenvalue weighted by atomic mass is 16.2. The summed E-state index contributed by atoms with van der Waals surface area (Å²) < 4.78 is 0. The molecule has 1 heterocycles. The Morgan fingerprint density at radius 2 is 2.36 bits per heavy atom. The summed E-state index contributed by atoms with van der Waals surface area (Å²) in [5.41, 5.74) is 0. The maximum Gasteiger partial charge on any atom is 0.243 e. The molecule has 0 saturated carbocycles. The van der Waals surface area contributed by atoms with E-state index < -0.39 is 0 Å². The Morgan fingerprint density at radius 1 is 1.64 bits per heavy atom. The van der Waals surface area contributed by atoms with Crippen molar-refractivity contribution in [1.29, 1.82) is 0 Å². The van der Waals surface area contributed by atoms with E-state index >= 15 is 0 Å². The molecule has 4 heteroatoms. The number of nitrogens with one attached hydrogen (secondary N) is 1.